The quantitative estimate of drug-likeness (QED) is 0.404. The number of aliphatic imine (C=N–C) groups is 1. The molecule has 6 nitrogen and oxygen atoms in total. The van der Waals surface area contributed by atoms with Gasteiger partial charge >= 0.3 is 0 Å². The molecule has 0 aliphatic carbocycles. The van der Waals surface area contributed by atoms with Crippen LogP contribution in [0.2, 0.25) is 0 Å². The molecule has 0 saturated carbocycles. The van der Waals surface area contributed by atoms with Gasteiger partial charge in [-0.25, -0.2) is 4.99 Å². The molecule has 0 bridgehead atoms. The summed E-state index contributed by atoms with van der Waals surface area (Å²) in [7, 11) is 2.10. The maximum atomic E-state index is 5.46. The van der Waals surface area contributed by atoms with Gasteiger partial charge in [-0.05, 0) is 49.4 Å². The van der Waals surface area contributed by atoms with Crippen molar-refractivity contribution in [2.45, 2.75) is 33.0 Å². The minimum absolute atomic E-state index is 0.626. The van der Waals surface area contributed by atoms with Gasteiger partial charge in [-0.3, -0.25) is 4.90 Å². The monoisotopic (exact) mass is 394 g/mol. The lowest BCUT2D eigenvalue weighted by Gasteiger charge is -2.17. The van der Waals surface area contributed by atoms with Crippen LogP contribution in [0.5, 0.6) is 0 Å². The lowest BCUT2D eigenvalue weighted by Crippen LogP contribution is -2.38. The van der Waals surface area contributed by atoms with E-state index in [2.05, 4.69) is 53.8 Å². The van der Waals surface area contributed by atoms with E-state index >= 15 is 0 Å². The van der Waals surface area contributed by atoms with Crippen LogP contribution in [-0.4, -0.2) is 31.0 Å². The fourth-order valence-electron chi connectivity index (χ4n) is 3.15. The smallest absolute Gasteiger partial charge is 0.191 e. The van der Waals surface area contributed by atoms with Crippen LogP contribution in [0.1, 0.15) is 29.6 Å². The Hall–Kier alpha value is -2.99. The molecule has 0 amide bonds. The van der Waals surface area contributed by atoms with E-state index < -0.39 is 0 Å². The highest BCUT2D eigenvalue weighted by Gasteiger charge is 2.08. The fourth-order valence-corrected chi connectivity index (χ4v) is 3.15. The zero-order valence-corrected chi connectivity index (χ0v) is 17.2. The van der Waals surface area contributed by atoms with Crippen LogP contribution in [0.4, 0.5) is 0 Å². The highest BCUT2D eigenvalue weighted by Crippen LogP contribution is 2.14. The third kappa shape index (κ3) is 6.84. The number of nitrogens with zero attached hydrogens (tertiary/aromatic N) is 2. The Kier molecular flexibility index (Phi) is 7.95. The van der Waals surface area contributed by atoms with E-state index in [1.54, 1.807) is 12.5 Å². The Labute approximate surface area is 172 Å². The SMILES string of the molecule is CCNC(=NCc1ccccc1CN(C)Cc1ccco1)NCCc1ccco1. The van der Waals surface area contributed by atoms with Crippen LogP contribution in [0.25, 0.3) is 0 Å². The Balaban J connectivity index is 1.58. The molecule has 0 unspecified atom stereocenters. The summed E-state index contributed by atoms with van der Waals surface area (Å²) >= 11 is 0. The van der Waals surface area contributed by atoms with Crippen molar-refractivity contribution in [1.82, 2.24) is 15.5 Å². The average Bonchev–Trinajstić information content (AvgIpc) is 3.41. The molecule has 0 saturated heterocycles. The summed E-state index contributed by atoms with van der Waals surface area (Å²) in [5.41, 5.74) is 2.50. The third-order valence-corrected chi connectivity index (χ3v) is 4.56. The number of nitrogens with one attached hydrogen (secondary N) is 2. The fraction of sp³-hybridized carbons (Fsp3) is 0.348. The summed E-state index contributed by atoms with van der Waals surface area (Å²) in [5.74, 6) is 2.76. The van der Waals surface area contributed by atoms with Gasteiger partial charge in [-0.2, -0.15) is 0 Å². The van der Waals surface area contributed by atoms with Gasteiger partial charge in [0.25, 0.3) is 0 Å². The van der Waals surface area contributed by atoms with Crippen molar-refractivity contribution in [2.75, 3.05) is 20.1 Å². The van der Waals surface area contributed by atoms with Gasteiger partial charge in [0.2, 0.25) is 0 Å². The van der Waals surface area contributed by atoms with Crippen molar-refractivity contribution in [3.8, 4) is 0 Å². The average molecular weight is 395 g/mol. The van der Waals surface area contributed by atoms with E-state index in [0.29, 0.717) is 6.54 Å². The van der Waals surface area contributed by atoms with Gasteiger partial charge in [0.15, 0.2) is 5.96 Å². The predicted molar refractivity (Wildman–Crippen MR) is 116 cm³/mol. The van der Waals surface area contributed by atoms with E-state index in [4.69, 9.17) is 13.8 Å². The van der Waals surface area contributed by atoms with E-state index in [0.717, 1.165) is 50.1 Å². The molecule has 0 atom stereocenters. The van der Waals surface area contributed by atoms with Crippen molar-refractivity contribution in [3.05, 3.63) is 83.7 Å². The molecule has 0 radical (unpaired) electrons. The van der Waals surface area contributed by atoms with Gasteiger partial charge in [0, 0.05) is 26.1 Å². The van der Waals surface area contributed by atoms with Gasteiger partial charge in [-0.1, -0.05) is 24.3 Å². The molecule has 0 aliphatic heterocycles. The number of benzene rings is 1. The predicted octanol–water partition coefficient (Wildman–Crippen LogP) is 3.80. The summed E-state index contributed by atoms with van der Waals surface area (Å²) in [5, 5.41) is 6.68. The number of guanidine groups is 1. The highest BCUT2D eigenvalue weighted by molar-refractivity contribution is 5.79. The number of hydrogen-bond acceptors (Lipinski definition) is 4. The van der Waals surface area contributed by atoms with Crippen molar-refractivity contribution in [3.63, 3.8) is 0 Å². The maximum absolute atomic E-state index is 5.46. The zero-order valence-electron chi connectivity index (χ0n) is 17.2. The normalized spacial score (nSPS) is 11.8. The van der Waals surface area contributed by atoms with Gasteiger partial charge in [0.05, 0.1) is 25.6 Å². The number of rotatable bonds is 10. The summed E-state index contributed by atoms with van der Waals surface area (Å²) in [4.78, 5) is 7.02. The molecule has 2 heterocycles. The maximum Gasteiger partial charge on any atom is 0.191 e. The third-order valence-electron chi connectivity index (χ3n) is 4.56. The molecule has 6 heteroatoms. The second-order valence-electron chi connectivity index (χ2n) is 6.97. The second kappa shape index (κ2) is 11.1. The Morgan fingerprint density at radius 1 is 0.897 bits per heavy atom. The largest absolute Gasteiger partial charge is 0.469 e. The van der Waals surface area contributed by atoms with Crippen LogP contribution in [-0.2, 0) is 26.1 Å². The molecule has 0 fully saturated rings. The molecule has 3 aromatic rings. The van der Waals surface area contributed by atoms with Crippen LogP contribution in [0.3, 0.4) is 0 Å². The van der Waals surface area contributed by atoms with Crippen LogP contribution < -0.4 is 10.6 Å². The lowest BCUT2D eigenvalue weighted by molar-refractivity contribution is 0.287. The van der Waals surface area contributed by atoms with E-state index in [-0.39, 0.29) is 0 Å². The first-order valence-corrected chi connectivity index (χ1v) is 10.1. The first-order valence-electron chi connectivity index (χ1n) is 10.1. The molecule has 0 spiro atoms. The topological polar surface area (TPSA) is 65.9 Å². The minimum Gasteiger partial charge on any atom is -0.469 e. The second-order valence-corrected chi connectivity index (χ2v) is 6.97. The van der Waals surface area contributed by atoms with Crippen molar-refractivity contribution in [2.24, 2.45) is 4.99 Å². The molecule has 0 aliphatic rings. The Bertz CT molecular complexity index is 857. The Morgan fingerprint density at radius 2 is 1.62 bits per heavy atom. The van der Waals surface area contributed by atoms with Crippen LogP contribution in [0.15, 0.2) is 74.9 Å². The molecule has 154 valence electrons. The molecule has 29 heavy (non-hydrogen) atoms. The van der Waals surface area contributed by atoms with E-state index in [1.165, 1.54) is 11.1 Å². The summed E-state index contributed by atoms with van der Waals surface area (Å²) in [6, 6.07) is 16.3. The molecule has 3 rings (SSSR count). The van der Waals surface area contributed by atoms with E-state index in [9.17, 15) is 0 Å². The molecule has 2 N–H and O–H groups in total. The minimum atomic E-state index is 0.626. The molecular weight excluding hydrogens is 364 g/mol. The van der Waals surface area contributed by atoms with Gasteiger partial charge in [-0.15, -0.1) is 0 Å². The van der Waals surface area contributed by atoms with E-state index in [1.807, 2.05) is 24.3 Å². The molecular formula is C23H30N4O2. The van der Waals surface area contributed by atoms with Gasteiger partial charge < -0.3 is 19.5 Å². The summed E-state index contributed by atoms with van der Waals surface area (Å²) < 4.78 is 10.8. The first-order chi connectivity index (χ1) is 14.2. The molecule has 2 aromatic heterocycles. The van der Waals surface area contributed by atoms with Crippen molar-refractivity contribution in [1.29, 1.82) is 0 Å². The summed E-state index contributed by atoms with van der Waals surface area (Å²) in [6.45, 7) is 5.91. The number of hydrogen-bond donors (Lipinski definition) is 2. The van der Waals surface area contributed by atoms with Crippen molar-refractivity contribution >= 4 is 5.96 Å². The van der Waals surface area contributed by atoms with Crippen LogP contribution >= 0.6 is 0 Å². The lowest BCUT2D eigenvalue weighted by atomic mass is 10.1. The zero-order chi connectivity index (χ0) is 20.3. The number of furan rings is 2. The first kappa shape index (κ1) is 20.7. The van der Waals surface area contributed by atoms with Crippen molar-refractivity contribution < 1.29 is 8.83 Å². The highest BCUT2D eigenvalue weighted by atomic mass is 16.3. The molecule has 1 aromatic carbocycles. The standard InChI is InChI=1S/C23H30N4O2/c1-3-24-23(25-13-12-21-10-6-14-28-21)26-16-19-8-4-5-9-20(19)17-27(2)18-22-11-7-15-29-22/h4-11,14-15H,3,12-13,16-18H2,1-2H3,(H2,24,25,26). The summed E-state index contributed by atoms with van der Waals surface area (Å²) in [6.07, 6.45) is 4.24. The van der Waals surface area contributed by atoms with Gasteiger partial charge in [0.1, 0.15) is 11.5 Å². The van der Waals surface area contributed by atoms with Crippen LogP contribution in [0, 0.1) is 0 Å². The Morgan fingerprint density at radius 3 is 2.31 bits per heavy atom.